The Balaban J connectivity index is 2.27. The Bertz CT molecular complexity index is 198. The first-order valence-corrected chi connectivity index (χ1v) is 4.92. The van der Waals surface area contributed by atoms with Crippen LogP contribution in [0.5, 0.6) is 0 Å². The second-order valence-corrected chi connectivity index (χ2v) is 3.82. The largest absolute Gasteiger partial charge is 0.394 e. The van der Waals surface area contributed by atoms with Gasteiger partial charge < -0.3 is 20.8 Å². The number of aliphatic hydroxyl groups is 2. The predicted octanol–water partition coefficient (Wildman–Crippen LogP) is -1.69. The fourth-order valence-corrected chi connectivity index (χ4v) is 1.58. The lowest BCUT2D eigenvalue weighted by molar-refractivity contribution is -0.125. The van der Waals surface area contributed by atoms with Gasteiger partial charge in [0, 0.05) is 13.1 Å². The van der Waals surface area contributed by atoms with Gasteiger partial charge in [-0.1, -0.05) is 6.92 Å². The number of rotatable bonds is 4. The molecule has 3 atom stereocenters. The first-order valence-electron chi connectivity index (χ1n) is 4.92. The van der Waals surface area contributed by atoms with Gasteiger partial charge in [-0.15, -0.1) is 0 Å². The molecule has 1 aliphatic rings. The van der Waals surface area contributed by atoms with E-state index in [1.807, 2.05) is 6.92 Å². The molecule has 1 rings (SSSR count). The molecule has 1 aliphatic heterocycles. The summed E-state index contributed by atoms with van der Waals surface area (Å²) in [7, 11) is 0. The van der Waals surface area contributed by atoms with E-state index in [4.69, 9.17) is 10.2 Å². The van der Waals surface area contributed by atoms with Crippen LogP contribution in [0.25, 0.3) is 0 Å². The van der Waals surface area contributed by atoms with Crippen LogP contribution < -0.4 is 10.6 Å². The average molecular weight is 202 g/mol. The van der Waals surface area contributed by atoms with Crippen molar-refractivity contribution < 1.29 is 15.0 Å². The highest BCUT2D eigenvalue weighted by Gasteiger charge is 2.29. The maximum absolute atomic E-state index is 11.5. The Kier molecular flexibility index (Phi) is 4.31. The SMILES string of the molecule is CC1CNCC1C(=O)NCC(O)CO. The van der Waals surface area contributed by atoms with Crippen molar-refractivity contribution in [2.45, 2.75) is 13.0 Å². The summed E-state index contributed by atoms with van der Waals surface area (Å²) in [5, 5.41) is 23.3. The van der Waals surface area contributed by atoms with Gasteiger partial charge in [-0.25, -0.2) is 0 Å². The zero-order chi connectivity index (χ0) is 10.6. The minimum Gasteiger partial charge on any atom is -0.394 e. The molecule has 0 radical (unpaired) electrons. The highest BCUT2D eigenvalue weighted by molar-refractivity contribution is 5.79. The zero-order valence-corrected chi connectivity index (χ0v) is 8.36. The zero-order valence-electron chi connectivity index (χ0n) is 8.36. The minimum absolute atomic E-state index is 0.0131. The molecular formula is C9H18N2O3. The maximum Gasteiger partial charge on any atom is 0.224 e. The Morgan fingerprint density at radius 3 is 2.86 bits per heavy atom. The third kappa shape index (κ3) is 2.94. The van der Waals surface area contributed by atoms with E-state index in [1.54, 1.807) is 0 Å². The van der Waals surface area contributed by atoms with Gasteiger partial charge in [0.25, 0.3) is 0 Å². The van der Waals surface area contributed by atoms with Crippen LogP contribution in [0, 0.1) is 11.8 Å². The number of hydrogen-bond donors (Lipinski definition) is 4. The molecule has 14 heavy (non-hydrogen) atoms. The number of nitrogens with one attached hydrogen (secondary N) is 2. The highest BCUT2D eigenvalue weighted by atomic mass is 16.3. The van der Waals surface area contributed by atoms with E-state index in [9.17, 15) is 4.79 Å². The summed E-state index contributed by atoms with van der Waals surface area (Å²) >= 11 is 0. The van der Waals surface area contributed by atoms with Gasteiger partial charge in [0.2, 0.25) is 5.91 Å². The number of aliphatic hydroxyl groups excluding tert-OH is 2. The summed E-state index contributed by atoms with van der Waals surface area (Å²) < 4.78 is 0. The van der Waals surface area contributed by atoms with E-state index in [0.717, 1.165) is 6.54 Å². The molecule has 0 spiro atoms. The van der Waals surface area contributed by atoms with Gasteiger partial charge in [-0.05, 0) is 12.5 Å². The molecule has 0 aromatic carbocycles. The van der Waals surface area contributed by atoms with Gasteiger partial charge in [0.05, 0.1) is 18.6 Å². The van der Waals surface area contributed by atoms with Crippen LogP contribution in [-0.2, 0) is 4.79 Å². The first kappa shape index (κ1) is 11.4. The molecule has 82 valence electrons. The van der Waals surface area contributed by atoms with Crippen LogP contribution in [0.15, 0.2) is 0 Å². The minimum atomic E-state index is -0.858. The van der Waals surface area contributed by atoms with Gasteiger partial charge >= 0.3 is 0 Å². The molecule has 1 heterocycles. The van der Waals surface area contributed by atoms with E-state index < -0.39 is 6.10 Å². The van der Waals surface area contributed by atoms with Crippen molar-refractivity contribution in [3.05, 3.63) is 0 Å². The summed E-state index contributed by atoms with van der Waals surface area (Å²) in [5.74, 6) is 0.275. The van der Waals surface area contributed by atoms with E-state index in [1.165, 1.54) is 0 Å². The molecule has 1 saturated heterocycles. The first-order chi connectivity index (χ1) is 6.65. The Labute approximate surface area is 83.5 Å². The number of carbonyl (C=O) groups is 1. The lowest BCUT2D eigenvalue weighted by Gasteiger charge is -2.15. The third-order valence-electron chi connectivity index (χ3n) is 2.58. The van der Waals surface area contributed by atoms with Gasteiger partial charge in [-0.2, -0.15) is 0 Å². The molecule has 0 aromatic rings. The summed E-state index contributed by atoms with van der Waals surface area (Å²) in [4.78, 5) is 11.5. The summed E-state index contributed by atoms with van der Waals surface area (Å²) in [6.07, 6.45) is -0.858. The van der Waals surface area contributed by atoms with E-state index >= 15 is 0 Å². The van der Waals surface area contributed by atoms with Crippen LogP contribution in [0.4, 0.5) is 0 Å². The number of hydrogen-bond acceptors (Lipinski definition) is 4. The molecule has 0 aromatic heterocycles. The summed E-state index contributed by atoms with van der Waals surface area (Å²) in [6.45, 7) is 3.38. The smallest absolute Gasteiger partial charge is 0.224 e. The van der Waals surface area contributed by atoms with Crippen molar-refractivity contribution >= 4 is 5.91 Å². The molecule has 0 saturated carbocycles. The van der Waals surface area contributed by atoms with Crippen LogP contribution in [0.2, 0.25) is 0 Å². The Morgan fingerprint density at radius 1 is 1.64 bits per heavy atom. The summed E-state index contributed by atoms with van der Waals surface area (Å²) in [6, 6.07) is 0. The number of carbonyl (C=O) groups excluding carboxylic acids is 1. The van der Waals surface area contributed by atoms with E-state index in [-0.39, 0.29) is 25.0 Å². The van der Waals surface area contributed by atoms with Gasteiger partial charge in [0.15, 0.2) is 0 Å². The molecule has 1 amide bonds. The normalized spacial score (nSPS) is 28.8. The second kappa shape index (κ2) is 5.29. The standard InChI is InChI=1S/C9H18N2O3/c1-6-2-10-4-8(6)9(14)11-3-7(13)5-12/h6-8,10,12-13H,2-5H2,1H3,(H,11,14). The molecule has 0 bridgehead atoms. The molecule has 5 heteroatoms. The second-order valence-electron chi connectivity index (χ2n) is 3.82. The lowest BCUT2D eigenvalue weighted by Crippen LogP contribution is -2.39. The fraction of sp³-hybridized carbons (Fsp3) is 0.889. The van der Waals surface area contributed by atoms with Crippen molar-refractivity contribution in [1.29, 1.82) is 0 Å². The third-order valence-corrected chi connectivity index (χ3v) is 2.58. The van der Waals surface area contributed by atoms with Crippen LogP contribution in [0.1, 0.15) is 6.92 Å². The lowest BCUT2D eigenvalue weighted by atomic mass is 9.97. The van der Waals surface area contributed by atoms with E-state index in [2.05, 4.69) is 10.6 Å². The number of amides is 1. The maximum atomic E-state index is 11.5. The van der Waals surface area contributed by atoms with Crippen molar-refractivity contribution in [3.8, 4) is 0 Å². The monoisotopic (exact) mass is 202 g/mol. The molecule has 3 unspecified atom stereocenters. The summed E-state index contributed by atoms with van der Waals surface area (Å²) in [5.41, 5.74) is 0. The fourth-order valence-electron chi connectivity index (χ4n) is 1.58. The topological polar surface area (TPSA) is 81.6 Å². The highest BCUT2D eigenvalue weighted by Crippen LogP contribution is 2.15. The average Bonchev–Trinajstić information content (AvgIpc) is 2.60. The van der Waals surface area contributed by atoms with Crippen molar-refractivity contribution in [2.75, 3.05) is 26.2 Å². The van der Waals surface area contributed by atoms with Gasteiger partial charge in [0.1, 0.15) is 0 Å². The Morgan fingerprint density at radius 2 is 2.36 bits per heavy atom. The predicted molar refractivity (Wildman–Crippen MR) is 51.6 cm³/mol. The van der Waals surface area contributed by atoms with Crippen LogP contribution in [0.3, 0.4) is 0 Å². The van der Waals surface area contributed by atoms with Crippen molar-refractivity contribution in [1.82, 2.24) is 10.6 Å². The van der Waals surface area contributed by atoms with Crippen LogP contribution in [-0.4, -0.2) is 48.5 Å². The molecule has 0 aliphatic carbocycles. The molecule has 4 N–H and O–H groups in total. The van der Waals surface area contributed by atoms with E-state index in [0.29, 0.717) is 12.5 Å². The van der Waals surface area contributed by atoms with Gasteiger partial charge in [-0.3, -0.25) is 4.79 Å². The molecular weight excluding hydrogens is 184 g/mol. The molecule has 5 nitrogen and oxygen atoms in total. The van der Waals surface area contributed by atoms with Crippen molar-refractivity contribution in [2.24, 2.45) is 11.8 Å². The molecule has 1 fully saturated rings. The Hall–Kier alpha value is -0.650. The quantitative estimate of drug-likeness (QED) is 0.438. The van der Waals surface area contributed by atoms with Crippen molar-refractivity contribution in [3.63, 3.8) is 0 Å². The van der Waals surface area contributed by atoms with Crippen LogP contribution >= 0.6 is 0 Å².